The molecular formula is C29H37NO6. The first-order valence-corrected chi connectivity index (χ1v) is 12.3. The minimum Gasteiger partial charge on any atom is -0.507 e. The first-order chi connectivity index (χ1) is 17.1. The zero-order chi connectivity index (χ0) is 26.5. The lowest BCUT2D eigenvalue weighted by Gasteiger charge is -2.26. The van der Waals surface area contributed by atoms with Crippen LogP contribution in [0.2, 0.25) is 0 Å². The zero-order valence-electron chi connectivity index (χ0n) is 22.1. The Balaban J connectivity index is 2.17. The summed E-state index contributed by atoms with van der Waals surface area (Å²) >= 11 is 0. The van der Waals surface area contributed by atoms with Crippen LogP contribution >= 0.6 is 0 Å². The van der Waals surface area contributed by atoms with Gasteiger partial charge in [0.05, 0.1) is 30.9 Å². The Bertz CT molecular complexity index is 1110. The van der Waals surface area contributed by atoms with E-state index in [2.05, 4.69) is 20.8 Å². The summed E-state index contributed by atoms with van der Waals surface area (Å²) in [6, 6.07) is 12.1. The van der Waals surface area contributed by atoms with E-state index in [0.29, 0.717) is 48.8 Å². The first-order valence-electron chi connectivity index (χ1n) is 12.3. The summed E-state index contributed by atoms with van der Waals surface area (Å²) in [5.74, 6) is -0.481. The molecule has 1 atom stereocenters. The standard InChI is InChI=1S/C29H37NO6/c1-7-16-36-21-12-9-19(10-13-21)25-24(27(32)28(33)30(25)15-8-17-34-5)26(31)22-18-20(29(2,3)4)11-14-23(22)35-6/h9-14,18,25,31H,7-8,15-17H2,1-6H3/b26-24+. The lowest BCUT2D eigenvalue weighted by Crippen LogP contribution is -2.31. The highest BCUT2D eigenvalue weighted by atomic mass is 16.5. The number of aliphatic hydroxyl groups excluding tert-OH is 1. The summed E-state index contributed by atoms with van der Waals surface area (Å²) in [5.41, 5.74) is 1.91. The molecule has 0 aliphatic carbocycles. The molecule has 2 aromatic carbocycles. The van der Waals surface area contributed by atoms with Crippen LogP contribution in [-0.2, 0) is 19.7 Å². The van der Waals surface area contributed by atoms with E-state index in [0.717, 1.165) is 12.0 Å². The predicted molar refractivity (Wildman–Crippen MR) is 139 cm³/mol. The lowest BCUT2D eigenvalue weighted by molar-refractivity contribution is -0.140. The van der Waals surface area contributed by atoms with Crippen LogP contribution in [0.3, 0.4) is 0 Å². The quantitative estimate of drug-likeness (QED) is 0.210. The number of rotatable bonds is 10. The van der Waals surface area contributed by atoms with E-state index in [1.54, 1.807) is 13.2 Å². The third-order valence-electron chi connectivity index (χ3n) is 6.28. The molecule has 1 N–H and O–H groups in total. The molecule has 194 valence electrons. The highest BCUT2D eigenvalue weighted by Crippen LogP contribution is 2.42. The number of methoxy groups -OCH3 is 2. The molecule has 7 nitrogen and oxygen atoms in total. The number of Topliss-reactive ketones (excluding diaryl/α,β-unsaturated/α-hetero) is 1. The highest BCUT2D eigenvalue weighted by molar-refractivity contribution is 6.46. The fourth-order valence-corrected chi connectivity index (χ4v) is 4.31. The Morgan fingerprint density at radius 1 is 1.03 bits per heavy atom. The van der Waals surface area contributed by atoms with E-state index in [-0.39, 0.29) is 16.7 Å². The molecule has 36 heavy (non-hydrogen) atoms. The Hall–Kier alpha value is -3.32. The van der Waals surface area contributed by atoms with Crippen LogP contribution < -0.4 is 9.47 Å². The summed E-state index contributed by atoms with van der Waals surface area (Å²) in [4.78, 5) is 28.0. The number of hydrogen-bond acceptors (Lipinski definition) is 6. The van der Waals surface area contributed by atoms with E-state index in [1.807, 2.05) is 43.3 Å². The smallest absolute Gasteiger partial charge is 0.295 e. The number of amides is 1. The van der Waals surface area contributed by atoms with Gasteiger partial charge in [-0.25, -0.2) is 0 Å². The molecule has 0 bridgehead atoms. The van der Waals surface area contributed by atoms with Gasteiger partial charge < -0.3 is 24.2 Å². The Labute approximate surface area is 213 Å². The van der Waals surface area contributed by atoms with Crippen molar-refractivity contribution < 1.29 is 28.9 Å². The van der Waals surface area contributed by atoms with Crippen molar-refractivity contribution in [2.24, 2.45) is 0 Å². The normalized spacial score (nSPS) is 17.5. The third kappa shape index (κ3) is 5.73. The third-order valence-corrected chi connectivity index (χ3v) is 6.28. The van der Waals surface area contributed by atoms with E-state index in [1.165, 1.54) is 12.0 Å². The van der Waals surface area contributed by atoms with Gasteiger partial charge in [-0.15, -0.1) is 0 Å². The first kappa shape index (κ1) is 27.3. The fraction of sp³-hybridized carbons (Fsp3) is 0.448. The van der Waals surface area contributed by atoms with Gasteiger partial charge in [-0.2, -0.15) is 0 Å². The minimum absolute atomic E-state index is 0.0454. The molecule has 1 fully saturated rings. The van der Waals surface area contributed by atoms with E-state index >= 15 is 0 Å². The molecule has 0 spiro atoms. The second kappa shape index (κ2) is 11.6. The molecule has 0 aromatic heterocycles. The monoisotopic (exact) mass is 495 g/mol. The molecule has 1 aliphatic rings. The molecular weight excluding hydrogens is 458 g/mol. The average molecular weight is 496 g/mol. The van der Waals surface area contributed by atoms with Crippen molar-refractivity contribution in [3.63, 3.8) is 0 Å². The second-order valence-corrected chi connectivity index (χ2v) is 9.92. The number of ketones is 1. The lowest BCUT2D eigenvalue weighted by atomic mass is 9.85. The van der Waals surface area contributed by atoms with Crippen LogP contribution in [0.15, 0.2) is 48.0 Å². The van der Waals surface area contributed by atoms with E-state index in [9.17, 15) is 14.7 Å². The number of nitrogens with zero attached hydrogens (tertiary/aromatic N) is 1. The van der Waals surface area contributed by atoms with E-state index in [4.69, 9.17) is 14.2 Å². The minimum atomic E-state index is -0.745. The van der Waals surface area contributed by atoms with Crippen molar-refractivity contribution >= 4 is 17.4 Å². The summed E-state index contributed by atoms with van der Waals surface area (Å²) in [7, 11) is 3.10. The summed E-state index contributed by atoms with van der Waals surface area (Å²) in [5, 5.41) is 11.6. The van der Waals surface area contributed by atoms with Crippen LogP contribution in [-0.4, -0.2) is 55.7 Å². The number of carbonyl (C=O) groups excluding carboxylic acids is 2. The molecule has 0 radical (unpaired) electrons. The largest absolute Gasteiger partial charge is 0.507 e. The van der Waals surface area contributed by atoms with Crippen molar-refractivity contribution in [2.45, 2.75) is 52.0 Å². The molecule has 0 saturated carbocycles. The van der Waals surface area contributed by atoms with Gasteiger partial charge in [0.1, 0.15) is 17.3 Å². The van der Waals surface area contributed by atoms with Crippen LogP contribution in [0.4, 0.5) is 0 Å². The van der Waals surface area contributed by atoms with Gasteiger partial charge in [-0.1, -0.05) is 45.9 Å². The molecule has 1 amide bonds. The summed E-state index contributed by atoms with van der Waals surface area (Å²) < 4.78 is 16.4. The zero-order valence-corrected chi connectivity index (χ0v) is 22.1. The van der Waals surface area contributed by atoms with Crippen LogP contribution in [0.1, 0.15) is 63.3 Å². The van der Waals surface area contributed by atoms with Gasteiger partial charge in [-0.05, 0) is 53.6 Å². The molecule has 7 heteroatoms. The van der Waals surface area contributed by atoms with Crippen LogP contribution in [0.5, 0.6) is 11.5 Å². The highest BCUT2D eigenvalue weighted by Gasteiger charge is 2.46. The van der Waals surface area contributed by atoms with Gasteiger partial charge in [0.15, 0.2) is 0 Å². The van der Waals surface area contributed by atoms with Crippen molar-refractivity contribution in [2.75, 3.05) is 34.0 Å². The summed E-state index contributed by atoms with van der Waals surface area (Å²) in [6.07, 6.45) is 1.44. The molecule has 3 rings (SSSR count). The molecule has 2 aromatic rings. The molecule has 1 saturated heterocycles. The number of aliphatic hydroxyl groups is 1. The van der Waals surface area contributed by atoms with Gasteiger partial charge in [0, 0.05) is 20.3 Å². The fourth-order valence-electron chi connectivity index (χ4n) is 4.31. The number of ether oxygens (including phenoxy) is 3. The van der Waals surface area contributed by atoms with Gasteiger partial charge in [-0.3, -0.25) is 9.59 Å². The Morgan fingerprint density at radius 3 is 2.31 bits per heavy atom. The van der Waals surface area contributed by atoms with Crippen molar-refractivity contribution in [3.05, 3.63) is 64.7 Å². The van der Waals surface area contributed by atoms with Crippen molar-refractivity contribution in [3.8, 4) is 11.5 Å². The molecule has 1 aliphatic heterocycles. The molecule has 1 unspecified atom stereocenters. The van der Waals surface area contributed by atoms with Crippen molar-refractivity contribution in [1.82, 2.24) is 4.90 Å². The van der Waals surface area contributed by atoms with E-state index < -0.39 is 17.7 Å². The average Bonchev–Trinajstić information content (AvgIpc) is 3.11. The van der Waals surface area contributed by atoms with Gasteiger partial charge in [0.25, 0.3) is 11.7 Å². The SMILES string of the molecule is CCCOc1ccc(C2/C(=C(\O)c3cc(C(C)(C)C)ccc3OC)C(=O)C(=O)N2CCCOC)cc1. The Kier molecular flexibility index (Phi) is 8.79. The topological polar surface area (TPSA) is 85.3 Å². The summed E-state index contributed by atoms with van der Waals surface area (Å²) in [6.45, 7) is 9.58. The maximum atomic E-state index is 13.3. The van der Waals surface area contributed by atoms with Gasteiger partial charge >= 0.3 is 0 Å². The van der Waals surface area contributed by atoms with Gasteiger partial charge in [0.2, 0.25) is 0 Å². The van der Waals surface area contributed by atoms with Crippen LogP contribution in [0, 0.1) is 0 Å². The molecule has 1 heterocycles. The Morgan fingerprint density at radius 2 is 1.72 bits per heavy atom. The predicted octanol–water partition coefficient (Wildman–Crippen LogP) is 5.24. The second-order valence-electron chi connectivity index (χ2n) is 9.92. The number of hydrogen-bond donors (Lipinski definition) is 1. The number of carbonyl (C=O) groups is 2. The van der Waals surface area contributed by atoms with Crippen LogP contribution in [0.25, 0.3) is 5.76 Å². The maximum Gasteiger partial charge on any atom is 0.295 e. The van der Waals surface area contributed by atoms with Crippen molar-refractivity contribution in [1.29, 1.82) is 0 Å². The maximum absolute atomic E-state index is 13.3. The number of benzene rings is 2. The number of likely N-dealkylation sites (tertiary alicyclic amines) is 1.